The van der Waals surface area contributed by atoms with Crippen LogP contribution in [-0.4, -0.2) is 45.7 Å². The third kappa shape index (κ3) is 2.94. The number of carbonyl (C=O) groups excluding carboxylic acids is 2. The van der Waals surface area contributed by atoms with Gasteiger partial charge in [0.15, 0.2) is 11.3 Å². The van der Waals surface area contributed by atoms with Crippen LogP contribution in [-0.2, 0) is 17.8 Å². The van der Waals surface area contributed by atoms with Crippen molar-refractivity contribution in [3.05, 3.63) is 53.5 Å². The number of amides is 2. The monoisotopic (exact) mass is 347 g/mol. The van der Waals surface area contributed by atoms with E-state index in [4.69, 9.17) is 0 Å². The van der Waals surface area contributed by atoms with E-state index >= 15 is 0 Å². The molecule has 0 aliphatic carbocycles. The molecule has 26 heavy (non-hydrogen) atoms. The summed E-state index contributed by atoms with van der Waals surface area (Å²) in [7, 11) is 1.93. The molecule has 0 saturated heterocycles. The first-order valence-electron chi connectivity index (χ1n) is 8.51. The first-order valence-corrected chi connectivity index (χ1v) is 8.51. The molecule has 3 heterocycles. The van der Waals surface area contributed by atoms with Crippen molar-refractivity contribution in [1.82, 2.24) is 19.5 Å². The fourth-order valence-electron chi connectivity index (χ4n) is 3.33. The maximum atomic E-state index is 12.9. The van der Waals surface area contributed by atoms with Crippen LogP contribution in [0, 0.1) is 0 Å². The van der Waals surface area contributed by atoms with Crippen LogP contribution >= 0.6 is 0 Å². The van der Waals surface area contributed by atoms with Gasteiger partial charge < -0.3 is 10.2 Å². The summed E-state index contributed by atoms with van der Waals surface area (Å²) in [5.41, 5.74) is 5.01. The third-order valence-corrected chi connectivity index (χ3v) is 4.53. The van der Waals surface area contributed by atoms with E-state index in [9.17, 15) is 9.59 Å². The van der Waals surface area contributed by atoms with Gasteiger partial charge in [-0.25, -0.2) is 9.50 Å². The van der Waals surface area contributed by atoms with Crippen molar-refractivity contribution in [3.63, 3.8) is 0 Å². The van der Waals surface area contributed by atoms with E-state index in [1.807, 2.05) is 32.2 Å². The number of nitrogens with zero attached hydrogens (tertiary/aromatic N) is 4. The first kappa shape index (κ1) is 16.3. The first-order chi connectivity index (χ1) is 12.5. The number of aromatic nitrogens is 3. The molecule has 0 spiro atoms. The van der Waals surface area contributed by atoms with Crippen molar-refractivity contribution in [3.8, 4) is 0 Å². The summed E-state index contributed by atoms with van der Waals surface area (Å²) in [6, 6.07) is 7.50. The van der Waals surface area contributed by atoms with Gasteiger partial charge in [-0.2, -0.15) is 5.10 Å². The minimum atomic E-state index is -0.108. The van der Waals surface area contributed by atoms with Gasteiger partial charge in [-0.05, 0) is 23.6 Å². The smallest absolute Gasteiger partial charge is 0.274 e. The highest BCUT2D eigenvalue weighted by atomic mass is 16.2. The number of rotatable bonds is 2. The highest BCUT2D eigenvalue weighted by molar-refractivity contribution is 6.31. The summed E-state index contributed by atoms with van der Waals surface area (Å²) in [6.45, 7) is 2.59. The number of hydrogen-bond donors (Lipinski definition) is 1. The summed E-state index contributed by atoms with van der Waals surface area (Å²) in [5.74, 6) is -0.201. The molecule has 2 amide bonds. The molecule has 1 aliphatic rings. The fraction of sp³-hybridized carbons (Fsp3) is 0.222. The van der Waals surface area contributed by atoms with Gasteiger partial charge in [0.25, 0.3) is 5.91 Å². The Kier molecular flexibility index (Phi) is 3.95. The van der Waals surface area contributed by atoms with E-state index in [1.54, 1.807) is 21.7 Å². The lowest BCUT2D eigenvalue weighted by Crippen LogP contribution is -2.36. The molecular formula is C18H18BN5O2. The molecule has 8 heteroatoms. The quantitative estimate of drug-likeness (QED) is 0.669. The molecule has 0 bridgehead atoms. The van der Waals surface area contributed by atoms with Gasteiger partial charge in [-0.1, -0.05) is 17.6 Å². The van der Waals surface area contributed by atoms with Crippen LogP contribution in [0.4, 0.5) is 5.69 Å². The summed E-state index contributed by atoms with van der Waals surface area (Å²) in [5, 5.41) is 7.23. The molecule has 0 saturated carbocycles. The molecule has 0 atom stereocenters. The summed E-state index contributed by atoms with van der Waals surface area (Å²) < 4.78 is 1.63. The van der Waals surface area contributed by atoms with Gasteiger partial charge in [-0.3, -0.25) is 9.59 Å². The molecule has 1 aromatic carbocycles. The topological polar surface area (TPSA) is 79.6 Å². The van der Waals surface area contributed by atoms with Gasteiger partial charge in [0.1, 0.15) is 7.85 Å². The fourth-order valence-corrected chi connectivity index (χ4v) is 3.33. The number of fused-ring (bicyclic) bond motifs is 2. The molecule has 130 valence electrons. The van der Waals surface area contributed by atoms with Gasteiger partial charge >= 0.3 is 0 Å². The molecular weight excluding hydrogens is 329 g/mol. The van der Waals surface area contributed by atoms with E-state index in [1.165, 1.54) is 6.92 Å². The molecule has 3 aromatic rings. The van der Waals surface area contributed by atoms with Crippen molar-refractivity contribution in [2.75, 3.05) is 11.9 Å². The summed E-state index contributed by atoms with van der Waals surface area (Å²) in [4.78, 5) is 30.3. The van der Waals surface area contributed by atoms with Crippen LogP contribution in [0.3, 0.4) is 0 Å². The number of nitrogens with one attached hydrogen (secondary N) is 1. The number of hydrogen-bond acceptors (Lipinski definition) is 4. The molecule has 0 fully saturated rings. The standard InChI is InChI=1S/C18H18BN5O2/c1-11(25)21-15-4-2-3-12-9-23(6-5-14(12)15)18(26)16-7-17-20-8-13(19)10-24(17)22-16/h2-4,7-8,10H,5-6,9,19H2,1H3,(H,21,25). The van der Waals surface area contributed by atoms with Gasteiger partial charge in [0.2, 0.25) is 5.91 Å². The Hall–Kier alpha value is -3.16. The maximum Gasteiger partial charge on any atom is 0.274 e. The number of anilines is 1. The zero-order valence-electron chi connectivity index (χ0n) is 14.7. The lowest BCUT2D eigenvalue weighted by Gasteiger charge is -2.29. The third-order valence-electron chi connectivity index (χ3n) is 4.53. The lowest BCUT2D eigenvalue weighted by molar-refractivity contribution is -0.114. The Bertz CT molecular complexity index is 1030. The second kappa shape index (κ2) is 6.29. The molecule has 1 aliphatic heterocycles. The Labute approximate surface area is 151 Å². The van der Waals surface area contributed by atoms with Crippen molar-refractivity contribution in [2.24, 2.45) is 0 Å². The number of benzene rings is 1. The zero-order valence-corrected chi connectivity index (χ0v) is 14.7. The molecule has 7 nitrogen and oxygen atoms in total. The van der Waals surface area contributed by atoms with E-state index in [0.29, 0.717) is 30.9 Å². The highest BCUT2D eigenvalue weighted by Gasteiger charge is 2.25. The maximum absolute atomic E-state index is 12.9. The normalized spacial score (nSPS) is 13.5. The Morgan fingerprint density at radius 3 is 2.96 bits per heavy atom. The second-order valence-corrected chi connectivity index (χ2v) is 6.56. The molecule has 1 N–H and O–H groups in total. The van der Waals surface area contributed by atoms with Crippen LogP contribution in [0.25, 0.3) is 5.65 Å². The summed E-state index contributed by atoms with van der Waals surface area (Å²) >= 11 is 0. The highest BCUT2D eigenvalue weighted by Crippen LogP contribution is 2.27. The Morgan fingerprint density at radius 2 is 2.15 bits per heavy atom. The lowest BCUT2D eigenvalue weighted by atomic mass is 9.97. The second-order valence-electron chi connectivity index (χ2n) is 6.56. The van der Waals surface area contributed by atoms with Gasteiger partial charge in [0, 0.05) is 44.2 Å². The largest absolute Gasteiger partial charge is 0.333 e. The molecule has 0 radical (unpaired) electrons. The van der Waals surface area contributed by atoms with Crippen LogP contribution < -0.4 is 10.8 Å². The van der Waals surface area contributed by atoms with E-state index in [2.05, 4.69) is 15.4 Å². The molecule has 0 unspecified atom stereocenters. The minimum absolute atomic E-state index is 0.0931. The predicted octanol–water partition coefficient (Wildman–Crippen LogP) is 0.145. The van der Waals surface area contributed by atoms with Crippen LogP contribution in [0.2, 0.25) is 0 Å². The van der Waals surface area contributed by atoms with Gasteiger partial charge in [-0.15, -0.1) is 0 Å². The summed E-state index contributed by atoms with van der Waals surface area (Å²) in [6.07, 6.45) is 4.30. The SMILES string of the molecule is Bc1cnc2cc(C(=O)N3CCc4c(cccc4NC(C)=O)C3)nn2c1. The van der Waals surface area contributed by atoms with Crippen LogP contribution in [0.1, 0.15) is 28.5 Å². The Balaban J connectivity index is 1.59. The minimum Gasteiger partial charge on any atom is -0.333 e. The van der Waals surface area contributed by atoms with Crippen molar-refractivity contribution < 1.29 is 9.59 Å². The van der Waals surface area contributed by atoms with Gasteiger partial charge in [0.05, 0.1) is 0 Å². The van der Waals surface area contributed by atoms with Crippen molar-refractivity contribution >= 4 is 36.5 Å². The zero-order chi connectivity index (χ0) is 18.3. The van der Waals surface area contributed by atoms with E-state index < -0.39 is 0 Å². The average molecular weight is 347 g/mol. The molecule has 4 rings (SSSR count). The number of carbonyl (C=O) groups is 2. The predicted molar refractivity (Wildman–Crippen MR) is 100 cm³/mol. The molecule has 2 aromatic heterocycles. The Morgan fingerprint density at radius 1 is 1.31 bits per heavy atom. The van der Waals surface area contributed by atoms with Crippen LogP contribution in [0.5, 0.6) is 0 Å². The van der Waals surface area contributed by atoms with E-state index in [-0.39, 0.29) is 11.8 Å². The van der Waals surface area contributed by atoms with Crippen molar-refractivity contribution in [1.29, 1.82) is 0 Å². The van der Waals surface area contributed by atoms with Crippen LogP contribution in [0.15, 0.2) is 36.7 Å². The van der Waals surface area contributed by atoms with E-state index in [0.717, 1.165) is 22.3 Å². The van der Waals surface area contributed by atoms with Crippen molar-refractivity contribution in [2.45, 2.75) is 19.9 Å². The average Bonchev–Trinajstić information content (AvgIpc) is 3.03.